The zero-order chi connectivity index (χ0) is 52.1. The summed E-state index contributed by atoms with van der Waals surface area (Å²) in [6.07, 6.45) is -4.90. The third kappa shape index (κ3) is 9.99. The molecule has 0 aromatic rings. The normalized spacial score (nSPS) is 45.7. The summed E-state index contributed by atoms with van der Waals surface area (Å²) in [7, 11) is 1.18. The highest BCUT2D eigenvalue weighted by molar-refractivity contribution is 6.01. The molecule has 3 saturated carbocycles. The Labute approximate surface area is 408 Å². The number of aliphatic hydroxyl groups is 6. The SMILES string of the molecule is CC[C@H]1OC(=O)[C@H](C)[C@@H](O)[C@H](C)[C@@H](O)[C@](C)(O)C[C@@H](C)CN(CCCN(CCC(=O)O[C@]2(C(=O)OC)[C@H](C)CC3C4C[C@H](F)C5=CC(=O)C=C[C@]5(C)[C@@]4(F)[C@@H](O)C[C@@]32C)C(C)C)[C@H](C)[C@@H](O)[C@]1(C)O. The molecule has 69 heavy (non-hydrogen) atoms. The molecule has 0 aromatic heterocycles. The lowest BCUT2D eigenvalue weighted by atomic mass is 9.44. The minimum absolute atomic E-state index is 0.0160. The second-order valence-electron chi connectivity index (χ2n) is 22.9. The average molecular weight is 983 g/mol. The number of cyclic esters (lactones) is 1. The minimum Gasteiger partial charge on any atom is -0.466 e. The van der Waals surface area contributed by atoms with E-state index in [4.69, 9.17) is 14.2 Å². The van der Waals surface area contributed by atoms with Crippen LogP contribution in [0, 0.1) is 46.3 Å². The van der Waals surface area contributed by atoms with Crippen molar-refractivity contribution >= 4 is 23.7 Å². The number of alkyl halides is 2. The number of ether oxygens (including phenoxy) is 3. The number of nitrogens with zero attached hydrogens (tertiary/aromatic N) is 2. The summed E-state index contributed by atoms with van der Waals surface area (Å²) >= 11 is 0. The predicted molar refractivity (Wildman–Crippen MR) is 253 cm³/mol. The van der Waals surface area contributed by atoms with Crippen LogP contribution in [0.15, 0.2) is 23.8 Å². The van der Waals surface area contributed by atoms with Crippen LogP contribution >= 0.6 is 0 Å². The first-order chi connectivity index (χ1) is 31.8. The Morgan fingerprint density at radius 1 is 0.957 bits per heavy atom. The fraction of sp³-hybridized carbons (Fsp3) is 0.846. The summed E-state index contributed by atoms with van der Waals surface area (Å²) in [6, 6.07) is -0.778. The number of allylic oxidation sites excluding steroid dienone is 4. The molecule has 5 rings (SSSR count). The highest BCUT2D eigenvalue weighted by atomic mass is 19.1. The van der Waals surface area contributed by atoms with Gasteiger partial charge in [-0.15, -0.1) is 0 Å². The molecule has 394 valence electrons. The van der Waals surface area contributed by atoms with Gasteiger partial charge < -0.3 is 49.7 Å². The smallest absolute Gasteiger partial charge is 0.351 e. The Bertz CT molecular complexity index is 1950. The third-order valence-corrected chi connectivity index (χ3v) is 17.9. The Balaban J connectivity index is 1.34. The maximum absolute atomic E-state index is 17.9. The number of hydrogen-bond acceptors (Lipinski definition) is 15. The molecule has 0 amide bonds. The standard InChI is InChI=1S/C52H84F2N2O13/c1-14-40-50(12,66)44(62)33(8)56(27-29(4)25-49(11,65)43(61)31(6)42(60)32(7)45(63)68-40)20-15-19-55(28(2)3)21-17-41(59)69-52(46(64)67-13)30(5)22-35-36-24-38(53)37-23-34(57)16-18-47(37,9)51(36,54)39(58)26-48(35,52)10/h16,18,23,28-33,35-36,38-40,42-44,58,60-62,65-66H,14-15,17,19-22,24-27H2,1-13H3/t29-,30-,31+,32-,33-,35?,36?,38+,39+,40-,42+,43-,44-,47+,48+,49-,50-,51+,52+/m1/s1. The van der Waals surface area contributed by atoms with Gasteiger partial charge in [-0.25, -0.2) is 13.6 Å². The number of methoxy groups -OCH3 is 1. The Hall–Kier alpha value is -2.90. The summed E-state index contributed by atoms with van der Waals surface area (Å²) < 4.78 is 51.5. The third-order valence-electron chi connectivity index (χ3n) is 17.9. The highest BCUT2D eigenvalue weighted by Gasteiger charge is 2.78. The van der Waals surface area contributed by atoms with Crippen molar-refractivity contribution in [3.05, 3.63) is 23.8 Å². The van der Waals surface area contributed by atoms with Gasteiger partial charge in [0.25, 0.3) is 0 Å². The van der Waals surface area contributed by atoms with Crippen LogP contribution in [-0.4, -0.2) is 169 Å². The van der Waals surface area contributed by atoms with Gasteiger partial charge in [0, 0.05) is 53.8 Å². The molecule has 19 atom stereocenters. The second-order valence-corrected chi connectivity index (χ2v) is 22.9. The van der Waals surface area contributed by atoms with Crippen molar-refractivity contribution in [3.63, 3.8) is 0 Å². The predicted octanol–water partition coefficient (Wildman–Crippen LogP) is 4.41. The molecule has 1 saturated heterocycles. The molecule has 0 spiro atoms. The Morgan fingerprint density at radius 3 is 2.19 bits per heavy atom. The summed E-state index contributed by atoms with van der Waals surface area (Å²) in [5, 5.41) is 69.6. The van der Waals surface area contributed by atoms with Crippen molar-refractivity contribution in [1.82, 2.24) is 9.80 Å². The summed E-state index contributed by atoms with van der Waals surface area (Å²) in [5.74, 6) is -7.63. The van der Waals surface area contributed by atoms with Gasteiger partial charge in [0.2, 0.25) is 5.60 Å². The number of rotatable bonds is 11. The lowest BCUT2D eigenvalue weighted by Gasteiger charge is -2.63. The van der Waals surface area contributed by atoms with Crippen LogP contribution in [0.2, 0.25) is 0 Å². The van der Waals surface area contributed by atoms with Crippen LogP contribution in [0.25, 0.3) is 0 Å². The first kappa shape index (κ1) is 57.0. The summed E-state index contributed by atoms with van der Waals surface area (Å²) in [4.78, 5) is 58.0. The van der Waals surface area contributed by atoms with Crippen LogP contribution in [0.5, 0.6) is 0 Å². The molecule has 0 bridgehead atoms. The van der Waals surface area contributed by atoms with Gasteiger partial charge in [-0.05, 0) is 130 Å². The number of esters is 3. The number of halogens is 2. The van der Waals surface area contributed by atoms with Gasteiger partial charge in [0.1, 0.15) is 24.0 Å². The summed E-state index contributed by atoms with van der Waals surface area (Å²) in [6.45, 7) is 21.5. The quantitative estimate of drug-likeness (QED) is 0.125. The number of carbonyl (C=O) groups excluding carboxylic acids is 4. The van der Waals surface area contributed by atoms with Gasteiger partial charge in [0.15, 0.2) is 11.5 Å². The molecule has 15 nitrogen and oxygen atoms in total. The van der Waals surface area contributed by atoms with Crippen LogP contribution in [-0.2, 0) is 33.4 Å². The topological polar surface area (TPSA) is 224 Å². The zero-order valence-electron chi connectivity index (χ0n) is 43.3. The van der Waals surface area contributed by atoms with Gasteiger partial charge >= 0.3 is 17.9 Å². The van der Waals surface area contributed by atoms with E-state index in [2.05, 4.69) is 4.90 Å². The molecule has 6 N–H and O–H groups in total. The molecule has 1 aliphatic heterocycles. The van der Waals surface area contributed by atoms with Crippen LogP contribution in [0.4, 0.5) is 8.78 Å². The van der Waals surface area contributed by atoms with Crippen molar-refractivity contribution in [2.24, 2.45) is 46.3 Å². The fourth-order valence-electron chi connectivity index (χ4n) is 13.8. The van der Waals surface area contributed by atoms with E-state index in [-0.39, 0.29) is 62.6 Å². The van der Waals surface area contributed by atoms with E-state index < -0.39 is 129 Å². The van der Waals surface area contributed by atoms with E-state index in [9.17, 15) is 49.8 Å². The highest BCUT2D eigenvalue weighted by Crippen LogP contribution is 2.71. The lowest BCUT2D eigenvalue weighted by molar-refractivity contribution is -0.238. The van der Waals surface area contributed by atoms with Crippen LogP contribution < -0.4 is 0 Å². The summed E-state index contributed by atoms with van der Waals surface area (Å²) in [5.41, 5.74) is -10.9. The fourth-order valence-corrected chi connectivity index (χ4v) is 13.8. The molecular formula is C52H84F2N2O13. The van der Waals surface area contributed by atoms with E-state index in [0.29, 0.717) is 26.1 Å². The van der Waals surface area contributed by atoms with Gasteiger partial charge in [0.05, 0.1) is 43.4 Å². The molecule has 0 aromatic carbocycles. The van der Waals surface area contributed by atoms with Crippen LogP contribution in [0.3, 0.4) is 0 Å². The van der Waals surface area contributed by atoms with E-state index in [1.165, 1.54) is 47.0 Å². The first-order valence-electron chi connectivity index (χ1n) is 25.3. The van der Waals surface area contributed by atoms with Gasteiger partial charge in [-0.3, -0.25) is 19.3 Å². The number of hydrogen-bond donors (Lipinski definition) is 6. The molecule has 0 radical (unpaired) electrons. The van der Waals surface area contributed by atoms with E-state index in [1.54, 1.807) is 34.6 Å². The van der Waals surface area contributed by atoms with Crippen molar-refractivity contribution in [2.75, 3.05) is 33.3 Å². The number of fused-ring (bicyclic) bond motifs is 5. The maximum atomic E-state index is 17.9. The van der Waals surface area contributed by atoms with Crippen molar-refractivity contribution in [3.8, 4) is 0 Å². The molecular weight excluding hydrogens is 899 g/mol. The molecule has 2 unspecified atom stereocenters. The van der Waals surface area contributed by atoms with Crippen LogP contribution in [0.1, 0.15) is 128 Å². The minimum atomic E-state index is -2.39. The molecule has 4 aliphatic carbocycles. The molecule has 5 aliphatic rings. The Kier molecular flexibility index (Phi) is 17.3. The van der Waals surface area contributed by atoms with Crippen molar-refractivity contribution in [2.45, 2.75) is 199 Å². The van der Waals surface area contributed by atoms with E-state index in [1.807, 2.05) is 25.7 Å². The van der Waals surface area contributed by atoms with E-state index >= 15 is 8.78 Å². The number of aliphatic hydroxyl groups excluding tert-OH is 4. The zero-order valence-corrected chi connectivity index (χ0v) is 43.3. The monoisotopic (exact) mass is 983 g/mol. The van der Waals surface area contributed by atoms with Gasteiger partial charge in [-0.1, -0.05) is 40.7 Å². The van der Waals surface area contributed by atoms with Crippen molar-refractivity contribution in [1.29, 1.82) is 0 Å². The second kappa shape index (κ2) is 20.9. The first-order valence-corrected chi connectivity index (χ1v) is 25.3. The van der Waals surface area contributed by atoms with Gasteiger partial charge in [-0.2, -0.15) is 0 Å². The Morgan fingerprint density at radius 2 is 1.59 bits per heavy atom. The number of carbonyl (C=O) groups is 4. The maximum Gasteiger partial charge on any atom is 0.351 e. The number of ketones is 1. The lowest BCUT2D eigenvalue weighted by Crippen LogP contribution is -2.71. The average Bonchev–Trinajstić information content (AvgIpc) is 3.49. The molecule has 4 fully saturated rings. The van der Waals surface area contributed by atoms with Crippen molar-refractivity contribution < 1.29 is 72.8 Å². The molecule has 17 heteroatoms. The van der Waals surface area contributed by atoms with E-state index in [0.717, 1.165) is 6.08 Å². The molecule has 1 heterocycles. The largest absolute Gasteiger partial charge is 0.466 e.